The Labute approximate surface area is 174 Å². The van der Waals surface area contributed by atoms with Crippen LogP contribution in [0.1, 0.15) is 10.4 Å². The first-order valence-corrected chi connectivity index (χ1v) is 9.98. The van der Waals surface area contributed by atoms with Gasteiger partial charge in [0.15, 0.2) is 0 Å². The Hall–Kier alpha value is -3.62. The van der Waals surface area contributed by atoms with Crippen LogP contribution in [0.5, 0.6) is 0 Å². The molecule has 0 bridgehead atoms. The van der Waals surface area contributed by atoms with Crippen LogP contribution in [0.2, 0.25) is 0 Å². The van der Waals surface area contributed by atoms with Gasteiger partial charge in [0.05, 0.1) is 5.56 Å². The molecule has 9 heteroatoms. The summed E-state index contributed by atoms with van der Waals surface area (Å²) in [6.07, 6.45) is 3.26. The minimum absolute atomic E-state index is 0.0459. The van der Waals surface area contributed by atoms with Crippen molar-refractivity contribution in [1.29, 1.82) is 0 Å². The van der Waals surface area contributed by atoms with Gasteiger partial charge >= 0.3 is 6.03 Å². The van der Waals surface area contributed by atoms with Crippen LogP contribution in [0.15, 0.2) is 48.8 Å². The van der Waals surface area contributed by atoms with Crippen LogP contribution in [0.25, 0.3) is 0 Å². The third kappa shape index (κ3) is 4.35. The average molecular weight is 408 g/mol. The van der Waals surface area contributed by atoms with Gasteiger partial charge in [-0.25, -0.2) is 4.79 Å². The van der Waals surface area contributed by atoms with Gasteiger partial charge in [0.2, 0.25) is 5.91 Å². The number of amides is 4. The number of urea groups is 1. The molecule has 2 saturated heterocycles. The van der Waals surface area contributed by atoms with Crippen molar-refractivity contribution in [3.05, 3.63) is 54.4 Å². The summed E-state index contributed by atoms with van der Waals surface area (Å²) in [5, 5.41) is 5.60. The van der Waals surface area contributed by atoms with Gasteiger partial charge in [-0.2, -0.15) is 0 Å². The largest absolute Gasteiger partial charge is 0.367 e. The Kier molecular flexibility index (Phi) is 5.78. The fourth-order valence-electron chi connectivity index (χ4n) is 3.70. The first-order chi connectivity index (χ1) is 14.6. The van der Waals surface area contributed by atoms with Gasteiger partial charge < -0.3 is 25.3 Å². The Bertz CT molecular complexity index is 927. The molecule has 30 heavy (non-hydrogen) atoms. The third-order valence-corrected chi connectivity index (χ3v) is 5.33. The zero-order chi connectivity index (χ0) is 20.9. The minimum Gasteiger partial charge on any atom is -0.367 e. The number of carbonyl (C=O) groups excluding carboxylic acids is 3. The van der Waals surface area contributed by atoms with Crippen LogP contribution in [0.3, 0.4) is 0 Å². The summed E-state index contributed by atoms with van der Waals surface area (Å²) < 4.78 is 0. The van der Waals surface area contributed by atoms with Crippen molar-refractivity contribution in [2.45, 2.75) is 0 Å². The number of anilines is 2. The normalized spacial score (nSPS) is 16.4. The average Bonchev–Trinajstić information content (AvgIpc) is 3.19. The zero-order valence-corrected chi connectivity index (χ0v) is 16.6. The first-order valence-electron chi connectivity index (χ1n) is 9.98. The van der Waals surface area contributed by atoms with Gasteiger partial charge in [-0.1, -0.05) is 12.1 Å². The minimum atomic E-state index is -0.185. The van der Waals surface area contributed by atoms with E-state index in [1.54, 1.807) is 35.5 Å². The lowest BCUT2D eigenvalue weighted by Crippen LogP contribution is -2.51. The van der Waals surface area contributed by atoms with Gasteiger partial charge in [0.1, 0.15) is 6.54 Å². The van der Waals surface area contributed by atoms with Crippen molar-refractivity contribution in [3.8, 4) is 0 Å². The fourth-order valence-corrected chi connectivity index (χ4v) is 3.70. The van der Waals surface area contributed by atoms with E-state index in [0.29, 0.717) is 50.5 Å². The summed E-state index contributed by atoms with van der Waals surface area (Å²) in [4.78, 5) is 46.4. The van der Waals surface area contributed by atoms with E-state index in [2.05, 4.69) is 20.5 Å². The summed E-state index contributed by atoms with van der Waals surface area (Å²) in [5.74, 6) is -0.231. The molecule has 1 aromatic carbocycles. The molecule has 0 atom stereocenters. The van der Waals surface area contributed by atoms with Crippen molar-refractivity contribution in [2.75, 3.05) is 56.0 Å². The Morgan fingerprint density at radius 3 is 2.43 bits per heavy atom. The maximum atomic E-state index is 12.8. The molecule has 0 aliphatic carbocycles. The molecule has 156 valence electrons. The topological polar surface area (TPSA) is 97.9 Å². The highest BCUT2D eigenvalue weighted by Gasteiger charge is 2.27. The number of para-hydroxylation sites is 1. The lowest BCUT2D eigenvalue weighted by Gasteiger charge is -2.37. The third-order valence-electron chi connectivity index (χ3n) is 5.33. The molecule has 4 amide bonds. The Morgan fingerprint density at radius 2 is 1.73 bits per heavy atom. The van der Waals surface area contributed by atoms with Gasteiger partial charge in [-0.15, -0.1) is 0 Å². The van der Waals surface area contributed by atoms with Crippen LogP contribution in [0.4, 0.5) is 16.2 Å². The second kappa shape index (κ2) is 8.81. The van der Waals surface area contributed by atoms with Crippen LogP contribution >= 0.6 is 0 Å². The van der Waals surface area contributed by atoms with Gasteiger partial charge in [0.25, 0.3) is 5.91 Å². The van der Waals surface area contributed by atoms with Gasteiger partial charge in [-0.3, -0.25) is 14.6 Å². The molecule has 2 fully saturated rings. The summed E-state index contributed by atoms with van der Waals surface area (Å²) in [5.41, 5.74) is 2.11. The molecule has 2 aliphatic rings. The number of hydrogen-bond donors (Lipinski definition) is 2. The highest BCUT2D eigenvalue weighted by molar-refractivity contribution is 6.08. The molecule has 1 aromatic heterocycles. The number of nitrogens with one attached hydrogen (secondary N) is 2. The monoisotopic (exact) mass is 408 g/mol. The molecule has 2 N–H and O–H groups in total. The quantitative estimate of drug-likeness (QED) is 0.770. The van der Waals surface area contributed by atoms with E-state index in [9.17, 15) is 14.4 Å². The van der Waals surface area contributed by atoms with Crippen LogP contribution < -0.4 is 15.5 Å². The molecule has 9 nitrogen and oxygen atoms in total. The van der Waals surface area contributed by atoms with Gasteiger partial charge in [-0.05, 0) is 24.3 Å². The number of hydrogen-bond acceptors (Lipinski definition) is 5. The second-order valence-corrected chi connectivity index (χ2v) is 7.23. The zero-order valence-electron chi connectivity index (χ0n) is 16.6. The van der Waals surface area contributed by atoms with E-state index < -0.39 is 0 Å². The second-order valence-electron chi connectivity index (χ2n) is 7.23. The fraction of sp³-hybridized carbons (Fsp3) is 0.333. The molecular formula is C21H24N6O3. The predicted octanol–water partition coefficient (Wildman–Crippen LogP) is 1.01. The molecule has 2 aromatic rings. The maximum absolute atomic E-state index is 12.8. The Morgan fingerprint density at radius 1 is 1.00 bits per heavy atom. The number of benzene rings is 1. The van der Waals surface area contributed by atoms with Crippen LogP contribution in [-0.4, -0.2) is 78.4 Å². The highest BCUT2D eigenvalue weighted by atomic mass is 16.2. The van der Waals surface area contributed by atoms with E-state index >= 15 is 0 Å². The van der Waals surface area contributed by atoms with E-state index in [4.69, 9.17) is 0 Å². The number of rotatable bonds is 5. The van der Waals surface area contributed by atoms with E-state index in [0.717, 1.165) is 5.69 Å². The summed E-state index contributed by atoms with van der Waals surface area (Å²) in [7, 11) is 0. The predicted molar refractivity (Wildman–Crippen MR) is 112 cm³/mol. The lowest BCUT2D eigenvalue weighted by molar-refractivity contribution is -0.131. The van der Waals surface area contributed by atoms with Crippen molar-refractivity contribution in [2.24, 2.45) is 0 Å². The molecule has 0 spiro atoms. The molecule has 3 heterocycles. The SMILES string of the molecule is O=C(Nc1ccncc1)c1ccccc1N1CCN(C(=O)CN2CCNC2=O)CC1. The summed E-state index contributed by atoms with van der Waals surface area (Å²) in [6, 6.07) is 10.8. The van der Waals surface area contributed by atoms with Crippen LogP contribution in [0, 0.1) is 0 Å². The number of aromatic nitrogens is 1. The first kappa shape index (κ1) is 19.7. The van der Waals surface area contributed by atoms with Crippen LogP contribution in [-0.2, 0) is 4.79 Å². The van der Waals surface area contributed by atoms with Crippen molar-refractivity contribution in [1.82, 2.24) is 20.1 Å². The number of pyridine rings is 1. The van der Waals surface area contributed by atoms with E-state index in [1.165, 1.54) is 4.90 Å². The van der Waals surface area contributed by atoms with Crippen molar-refractivity contribution >= 4 is 29.2 Å². The highest BCUT2D eigenvalue weighted by Crippen LogP contribution is 2.23. The summed E-state index contributed by atoms with van der Waals surface area (Å²) in [6.45, 7) is 3.59. The van der Waals surface area contributed by atoms with Crippen molar-refractivity contribution < 1.29 is 14.4 Å². The number of nitrogens with zero attached hydrogens (tertiary/aromatic N) is 4. The maximum Gasteiger partial charge on any atom is 0.317 e. The Balaban J connectivity index is 1.38. The van der Waals surface area contributed by atoms with Gasteiger partial charge in [0, 0.05) is 63.0 Å². The van der Waals surface area contributed by atoms with E-state index in [1.807, 2.05) is 18.2 Å². The lowest BCUT2D eigenvalue weighted by atomic mass is 10.1. The van der Waals surface area contributed by atoms with E-state index in [-0.39, 0.29) is 24.4 Å². The number of piperazine rings is 1. The standard InChI is InChI=1S/C21H24N6O3/c28-19(15-27-10-9-23-21(27)30)26-13-11-25(12-14-26)18-4-2-1-3-17(18)20(29)24-16-5-7-22-8-6-16/h1-8H,9-15H2,(H,23,30)(H,22,24,29). The molecule has 4 rings (SSSR count). The smallest absolute Gasteiger partial charge is 0.317 e. The molecule has 0 radical (unpaired) electrons. The molecule has 0 unspecified atom stereocenters. The summed E-state index contributed by atoms with van der Waals surface area (Å²) >= 11 is 0. The molecular weight excluding hydrogens is 384 g/mol. The van der Waals surface area contributed by atoms with Crippen molar-refractivity contribution in [3.63, 3.8) is 0 Å². The molecule has 2 aliphatic heterocycles. The number of carbonyl (C=O) groups is 3. The molecule has 0 saturated carbocycles.